The molecule has 0 atom stereocenters. The Kier molecular flexibility index (Phi) is 4.04. The van der Waals surface area contributed by atoms with Crippen molar-refractivity contribution < 1.29 is 9.18 Å². The minimum atomic E-state index is -0.331. The van der Waals surface area contributed by atoms with E-state index in [2.05, 4.69) is 5.32 Å². The molecule has 0 bridgehead atoms. The molecule has 0 aliphatic carbocycles. The summed E-state index contributed by atoms with van der Waals surface area (Å²) in [5.74, 6) is -0.586. The van der Waals surface area contributed by atoms with Crippen LogP contribution in [0.15, 0.2) is 36.4 Å². The van der Waals surface area contributed by atoms with Gasteiger partial charge in [-0.2, -0.15) is 0 Å². The summed E-state index contributed by atoms with van der Waals surface area (Å²) in [5, 5.41) is 2.75. The maximum atomic E-state index is 13.0. The molecule has 3 nitrogen and oxygen atoms in total. The number of halogens is 2. The first-order valence-corrected chi connectivity index (χ1v) is 6.68. The van der Waals surface area contributed by atoms with Crippen LogP contribution >= 0.6 is 22.6 Å². The van der Waals surface area contributed by atoms with E-state index < -0.39 is 0 Å². The molecule has 0 unspecified atom stereocenters. The Balaban J connectivity index is 2.28. The highest BCUT2D eigenvalue weighted by atomic mass is 127. The fourth-order valence-corrected chi connectivity index (χ4v) is 2.28. The van der Waals surface area contributed by atoms with Gasteiger partial charge in [0.25, 0.3) is 5.91 Å². The molecule has 5 heteroatoms. The first-order valence-electron chi connectivity index (χ1n) is 5.60. The maximum absolute atomic E-state index is 13.0. The quantitative estimate of drug-likeness (QED) is 0.627. The number of amides is 1. The lowest BCUT2D eigenvalue weighted by molar-refractivity contribution is 0.102. The Morgan fingerprint density at radius 2 is 2.00 bits per heavy atom. The number of aryl methyl sites for hydroxylation is 1. The number of hydrogen-bond acceptors (Lipinski definition) is 2. The molecular formula is C14H12FIN2O. The number of carbonyl (C=O) groups is 1. The zero-order chi connectivity index (χ0) is 14.0. The standard InChI is InChI=1S/C14H12FIN2O/c1-8-2-4-10(17)7-11(8)14(19)18-13-5-3-9(15)6-12(13)16/h2-7H,17H2,1H3,(H,18,19). The molecule has 0 spiro atoms. The Hall–Kier alpha value is -1.63. The van der Waals surface area contributed by atoms with Gasteiger partial charge in [0.2, 0.25) is 0 Å². The third-order valence-corrected chi connectivity index (χ3v) is 3.58. The fraction of sp³-hybridized carbons (Fsp3) is 0.0714. The number of hydrogen-bond donors (Lipinski definition) is 2. The lowest BCUT2D eigenvalue weighted by Crippen LogP contribution is -2.14. The second-order valence-corrected chi connectivity index (χ2v) is 5.31. The molecule has 0 heterocycles. The SMILES string of the molecule is Cc1ccc(N)cc1C(=O)Nc1ccc(F)cc1I. The van der Waals surface area contributed by atoms with Crippen molar-refractivity contribution in [1.29, 1.82) is 0 Å². The van der Waals surface area contributed by atoms with E-state index in [4.69, 9.17) is 5.73 Å². The topological polar surface area (TPSA) is 55.1 Å². The van der Waals surface area contributed by atoms with Crippen LogP contribution in [0.5, 0.6) is 0 Å². The number of anilines is 2. The van der Waals surface area contributed by atoms with Gasteiger partial charge >= 0.3 is 0 Å². The normalized spacial score (nSPS) is 10.3. The molecule has 2 aromatic carbocycles. The molecule has 3 N–H and O–H groups in total. The molecule has 0 radical (unpaired) electrons. The van der Waals surface area contributed by atoms with E-state index in [1.807, 2.05) is 29.5 Å². The summed E-state index contributed by atoms with van der Waals surface area (Å²) in [7, 11) is 0. The average Bonchev–Trinajstić information content (AvgIpc) is 2.35. The van der Waals surface area contributed by atoms with E-state index in [0.29, 0.717) is 20.5 Å². The van der Waals surface area contributed by atoms with Crippen LogP contribution in [0.2, 0.25) is 0 Å². The molecule has 2 aromatic rings. The molecule has 0 aliphatic rings. The molecule has 0 saturated heterocycles. The largest absolute Gasteiger partial charge is 0.399 e. The van der Waals surface area contributed by atoms with Crippen molar-refractivity contribution in [3.8, 4) is 0 Å². The summed E-state index contributed by atoms with van der Waals surface area (Å²) in [6.07, 6.45) is 0. The number of nitrogens with two attached hydrogens (primary N) is 1. The van der Waals surface area contributed by atoms with Crippen LogP contribution in [0.25, 0.3) is 0 Å². The van der Waals surface area contributed by atoms with Crippen LogP contribution in [0.4, 0.5) is 15.8 Å². The van der Waals surface area contributed by atoms with Gasteiger partial charge in [-0.25, -0.2) is 4.39 Å². The number of carbonyl (C=O) groups excluding carboxylic acids is 1. The highest BCUT2D eigenvalue weighted by Crippen LogP contribution is 2.21. The van der Waals surface area contributed by atoms with E-state index in [9.17, 15) is 9.18 Å². The van der Waals surface area contributed by atoms with E-state index in [1.165, 1.54) is 18.2 Å². The maximum Gasteiger partial charge on any atom is 0.256 e. The van der Waals surface area contributed by atoms with Gasteiger partial charge in [0.1, 0.15) is 5.82 Å². The van der Waals surface area contributed by atoms with Crippen LogP contribution in [0.3, 0.4) is 0 Å². The predicted molar refractivity (Wildman–Crippen MR) is 82.7 cm³/mol. The van der Waals surface area contributed by atoms with Crippen LogP contribution < -0.4 is 11.1 Å². The molecule has 1 amide bonds. The van der Waals surface area contributed by atoms with Crippen molar-refractivity contribution in [2.45, 2.75) is 6.92 Å². The molecule has 2 rings (SSSR count). The molecular weight excluding hydrogens is 358 g/mol. The highest BCUT2D eigenvalue weighted by Gasteiger charge is 2.11. The third kappa shape index (κ3) is 3.23. The van der Waals surface area contributed by atoms with Crippen molar-refractivity contribution in [3.63, 3.8) is 0 Å². The van der Waals surface area contributed by atoms with Gasteiger partial charge in [0, 0.05) is 14.8 Å². The lowest BCUT2D eigenvalue weighted by atomic mass is 10.1. The van der Waals surface area contributed by atoms with Gasteiger partial charge in [0.15, 0.2) is 0 Å². The number of benzene rings is 2. The van der Waals surface area contributed by atoms with E-state index in [0.717, 1.165) is 5.56 Å². The van der Waals surface area contributed by atoms with Crippen LogP contribution in [0.1, 0.15) is 15.9 Å². The van der Waals surface area contributed by atoms with Gasteiger partial charge in [-0.15, -0.1) is 0 Å². The van der Waals surface area contributed by atoms with Gasteiger partial charge in [0.05, 0.1) is 5.69 Å². The third-order valence-electron chi connectivity index (χ3n) is 2.69. The number of nitrogens with one attached hydrogen (secondary N) is 1. The van der Waals surface area contributed by atoms with Crippen molar-refractivity contribution in [1.82, 2.24) is 0 Å². The van der Waals surface area contributed by atoms with Crippen LogP contribution in [-0.4, -0.2) is 5.91 Å². The van der Waals surface area contributed by atoms with Gasteiger partial charge < -0.3 is 11.1 Å². The second kappa shape index (κ2) is 5.56. The van der Waals surface area contributed by atoms with Gasteiger partial charge in [-0.05, 0) is 65.4 Å². The van der Waals surface area contributed by atoms with Crippen molar-refractivity contribution >= 4 is 39.9 Å². The van der Waals surface area contributed by atoms with Crippen molar-refractivity contribution in [2.75, 3.05) is 11.1 Å². The number of rotatable bonds is 2. The van der Waals surface area contributed by atoms with Gasteiger partial charge in [-0.1, -0.05) is 6.07 Å². The first kappa shape index (κ1) is 13.8. The summed E-state index contributed by atoms with van der Waals surface area (Å²) in [6, 6.07) is 9.37. The minimum absolute atomic E-state index is 0.255. The lowest BCUT2D eigenvalue weighted by Gasteiger charge is -2.10. The Bertz CT molecular complexity index is 643. The van der Waals surface area contributed by atoms with Crippen molar-refractivity contribution in [3.05, 3.63) is 56.9 Å². The minimum Gasteiger partial charge on any atom is -0.399 e. The summed E-state index contributed by atoms with van der Waals surface area (Å²) in [6.45, 7) is 1.84. The fourth-order valence-electron chi connectivity index (χ4n) is 1.66. The second-order valence-electron chi connectivity index (χ2n) is 4.15. The molecule has 19 heavy (non-hydrogen) atoms. The smallest absolute Gasteiger partial charge is 0.256 e. The number of nitrogen functional groups attached to an aromatic ring is 1. The molecule has 0 saturated carbocycles. The Morgan fingerprint density at radius 3 is 2.68 bits per heavy atom. The molecule has 98 valence electrons. The summed E-state index contributed by atoms with van der Waals surface area (Å²) in [5.41, 5.74) is 8.14. The van der Waals surface area contributed by atoms with E-state index >= 15 is 0 Å². The summed E-state index contributed by atoms with van der Waals surface area (Å²) < 4.78 is 13.6. The highest BCUT2D eigenvalue weighted by molar-refractivity contribution is 14.1. The van der Waals surface area contributed by atoms with Crippen LogP contribution in [0, 0.1) is 16.3 Å². The first-order chi connectivity index (χ1) is 8.97. The molecule has 0 aromatic heterocycles. The average molecular weight is 370 g/mol. The van der Waals surface area contributed by atoms with E-state index in [-0.39, 0.29) is 11.7 Å². The predicted octanol–water partition coefficient (Wildman–Crippen LogP) is 3.57. The Labute approximate surface area is 124 Å². The zero-order valence-corrected chi connectivity index (χ0v) is 12.4. The summed E-state index contributed by atoms with van der Waals surface area (Å²) in [4.78, 5) is 12.2. The summed E-state index contributed by atoms with van der Waals surface area (Å²) >= 11 is 1.97. The van der Waals surface area contributed by atoms with Crippen molar-refractivity contribution in [2.24, 2.45) is 0 Å². The Morgan fingerprint density at radius 1 is 1.26 bits per heavy atom. The zero-order valence-electron chi connectivity index (χ0n) is 10.2. The monoisotopic (exact) mass is 370 g/mol. The van der Waals surface area contributed by atoms with Gasteiger partial charge in [-0.3, -0.25) is 4.79 Å². The molecule has 0 aliphatic heterocycles. The van der Waals surface area contributed by atoms with Crippen LogP contribution in [-0.2, 0) is 0 Å². The van der Waals surface area contributed by atoms with E-state index in [1.54, 1.807) is 18.2 Å². The molecule has 0 fully saturated rings.